The first-order chi connectivity index (χ1) is 9.68. The van der Waals surface area contributed by atoms with Crippen molar-refractivity contribution >= 4 is 11.8 Å². The van der Waals surface area contributed by atoms with Gasteiger partial charge < -0.3 is 14.8 Å². The summed E-state index contributed by atoms with van der Waals surface area (Å²) in [6.07, 6.45) is 2.65. The van der Waals surface area contributed by atoms with Crippen LogP contribution in [0.2, 0.25) is 0 Å². The number of ether oxygens (including phenoxy) is 2. The van der Waals surface area contributed by atoms with E-state index in [1.807, 2.05) is 19.1 Å². The van der Waals surface area contributed by atoms with Gasteiger partial charge >= 0.3 is 0 Å². The first-order valence-electron chi connectivity index (χ1n) is 7.32. The third-order valence-corrected chi connectivity index (χ3v) is 5.22. The van der Waals surface area contributed by atoms with E-state index in [-0.39, 0.29) is 0 Å². The van der Waals surface area contributed by atoms with Crippen molar-refractivity contribution in [2.24, 2.45) is 0 Å². The lowest BCUT2D eigenvalue weighted by molar-refractivity contribution is 0.308. The third-order valence-electron chi connectivity index (χ3n) is 3.68. The van der Waals surface area contributed by atoms with Crippen molar-refractivity contribution in [2.75, 3.05) is 26.0 Å². The maximum absolute atomic E-state index is 5.61. The third kappa shape index (κ3) is 3.83. The second kappa shape index (κ2) is 7.23. The molecule has 1 unspecified atom stereocenters. The number of thioether (sulfide) groups is 1. The second-order valence-corrected chi connectivity index (χ2v) is 7.07. The van der Waals surface area contributed by atoms with Gasteiger partial charge in [0.05, 0.1) is 13.7 Å². The first-order valence-corrected chi connectivity index (χ1v) is 8.30. The lowest BCUT2D eigenvalue weighted by Crippen LogP contribution is -2.32. The van der Waals surface area contributed by atoms with Crippen molar-refractivity contribution in [3.63, 3.8) is 0 Å². The van der Waals surface area contributed by atoms with Crippen LogP contribution < -0.4 is 14.8 Å². The predicted octanol–water partition coefficient (Wildman–Crippen LogP) is 3.47. The minimum atomic E-state index is 0.394. The van der Waals surface area contributed by atoms with Gasteiger partial charge in [-0.25, -0.2) is 0 Å². The van der Waals surface area contributed by atoms with Crippen LogP contribution in [-0.4, -0.2) is 30.8 Å². The van der Waals surface area contributed by atoms with E-state index in [0.29, 0.717) is 11.4 Å². The molecule has 0 aromatic heterocycles. The van der Waals surface area contributed by atoms with Gasteiger partial charge in [0.25, 0.3) is 0 Å². The van der Waals surface area contributed by atoms with E-state index in [4.69, 9.17) is 9.47 Å². The van der Waals surface area contributed by atoms with E-state index in [9.17, 15) is 0 Å². The van der Waals surface area contributed by atoms with E-state index >= 15 is 0 Å². The topological polar surface area (TPSA) is 30.5 Å². The minimum absolute atomic E-state index is 0.394. The van der Waals surface area contributed by atoms with Gasteiger partial charge in [-0.15, -0.1) is 0 Å². The fourth-order valence-electron chi connectivity index (χ4n) is 2.64. The molecule has 112 valence electrons. The molecule has 0 saturated carbocycles. The van der Waals surface area contributed by atoms with Crippen molar-refractivity contribution in [2.45, 2.75) is 38.0 Å². The molecule has 3 nitrogen and oxygen atoms in total. The first kappa shape index (κ1) is 15.5. The predicted molar refractivity (Wildman–Crippen MR) is 86.0 cm³/mol. The number of hydrogen-bond acceptors (Lipinski definition) is 4. The minimum Gasteiger partial charge on any atom is -0.493 e. The smallest absolute Gasteiger partial charge is 0.165 e. The number of methoxy groups -OCH3 is 1. The Morgan fingerprint density at radius 3 is 2.90 bits per heavy atom. The van der Waals surface area contributed by atoms with Gasteiger partial charge in [0.15, 0.2) is 11.5 Å². The molecule has 0 spiro atoms. The van der Waals surface area contributed by atoms with Crippen molar-refractivity contribution in [1.82, 2.24) is 5.32 Å². The second-order valence-electron chi connectivity index (χ2n) is 5.39. The molecular weight excluding hydrogens is 270 g/mol. The average molecular weight is 295 g/mol. The molecule has 1 atom stereocenters. The normalized spacial score (nSPS) is 21.9. The molecule has 0 bridgehead atoms. The van der Waals surface area contributed by atoms with Crippen LogP contribution in [0.4, 0.5) is 0 Å². The van der Waals surface area contributed by atoms with Gasteiger partial charge in [0, 0.05) is 23.4 Å². The Hall–Kier alpha value is -0.870. The molecule has 1 aromatic carbocycles. The quantitative estimate of drug-likeness (QED) is 0.834. The molecule has 1 heterocycles. The summed E-state index contributed by atoms with van der Waals surface area (Å²) in [6.45, 7) is 6.86. The van der Waals surface area contributed by atoms with Crippen LogP contribution in [0.3, 0.4) is 0 Å². The van der Waals surface area contributed by atoms with Gasteiger partial charge in [-0.3, -0.25) is 0 Å². The number of nitrogens with one attached hydrogen (secondary N) is 1. The monoisotopic (exact) mass is 295 g/mol. The average Bonchev–Trinajstić information content (AvgIpc) is 2.86. The fraction of sp³-hybridized carbons (Fsp3) is 0.625. The van der Waals surface area contributed by atoms with Gasteiger partial charge in [-0.2, -0.15) is 11.8 Å². The highest BCUT2D eigenvalue weighted by Gasteiger charge is 2.28. The molecule has 0 aliphatic carbocycles. The van der Waals surface area contributed by atoms with Crippen LogP contribution in [-0.2, 0) is 6.54 Å². The zero-order valence-corrected chi connectivity index (χ0v) is 13.5. The molecule has 1 saturated heterocycles. The summed E-state index contributed by atoms with van der Waals surface area (Å²) in [5, 5.41) is 3.57. The standard InChI is InChI=1S/C16H25NO2S/c1-4-19-14-8-5-7-13(15(14)18-3)11-17-12-16(2)9-6-10-20-16/h5,7-8,17H,4,6,9-12H2,1-3H3. The van der Waals surface area contributed by atoms with E-state index in [2.05, 4.69) is 30.1 Å². The molecule has 1 aliphatic heterocycles. The Bertz CT molecular complexity index is 430. The molecule has 1 aliphatic rings. The summed E-state index contributed by atoms with van der Waals surface area (Å²) in [5.41, 5.74) is 1.16. The maximum Gasteiger partial charge on any atom is 0.165 e. The van der Waals surface area contributed by atoms with Crippen molar-refractivity contribution in [3.05, 3.63) is 23.8 Å². The van der Waals surface area contributed by atoms with Gasteiger partial charge in [0.1, 0.15) is 0 Å². The largest absolute Gasteiger partial charge is 0.493 e. The molecule has 1 fully saturated rings. The lowest BCUT2D eigenvalue weighted by Gasteiger charge is -2.23. The Kier molecular flexibility index (Phi) is 5.61. The fourth-order valence-corrected chi connectivity index (χ4v) is 3.91. The highest BCUT2D eigenvalue weighted by atomic mass is 32.2. The van der Waals surface area contributed by atoms with E-state index in [1.165, 1.54) is 18.6 Å². The summed E-state index contributed by atoms with van der Waals surface area (Å²) >= 11 is 2.08. The van der Waals surface area contributed by atoms with E-state index < -0.39 is 0 Å². The molecule has 1 N–H and O–H groups in total. The Balaban J connectivity index is 1.96. The van der Waals surface area contributed by atoms with Crippen LogP contribution in [0.25, 0.3) is 0 Å². The zero-order chi connectivity index (χ0) is 14.4. The molecule has 20 heavy (non-hydrogen) atoms. The Morgan fingerprint density at radius 1 is 1.40 bits per heavy atom. The Morgan fingerprint density at radius 2 is 2.25 bits per heavy atom. The summed E-state index contributed by atoms with van der Waals surface area (Å²) in [5.74, 6) is 2.98. The van der Waals surface area contributed by atoms with Gasteiger partial charge in [-0.05, 0) is 38.5 Å². The van der Waals surface area contributed by atoms with Crippen LogP contribution in [0.1, 0.15) is 32.3 Å². The maximum atomic E-state index is 5.61. The highest BCUT2D eigenvalue weighted by Crippen LogP contribution is 2.37. The SMILES string of the molecule is CCOc1cccc(CNCC2(C)CCCS2)c1OC. The molecule has 4 heteroatoms. The summed E-state index contributed by atoms with van der Waals surface area (Å²) in [6, 6.07) is 6.08. The van der Waals surface area contributed by atoms with Gasteiger partial charge in [0.2, 0.25) is 0 Å². The Labute approximate surface area is 126 Å². The zero-order valence-electron chi connectivity index (χ0n) is 12.7. The number of rotatable bonds is 7. The molecule has 0 amide bonds. The van der Waals surface area contributed by atoms with Crippen LogP contribution in [0.15, 0.2) is 18.2 Å². The highest BCUT2D eigenvalue weighted by molar-refractivity contribution is 8.00. The number of hydrogen-bond donors (Lipinski definition) is 1. The van der Waals surface area contributed by atoms with Crippen LogP contribution in [0, 0.1) is 0 Å². The van der Waals surface area contributed by atoms with Crippen molar-refractivity contribution < 1.29 is 9.47 Å². The molecule has 2 rings (SSSR count). The number of benzene rings is 1. The molecule has 0 radical (unpaired) electrons. The summed E-state index contributed by atoms with van der Waals surface area (Å²) in [4.78, 5) is 0. The lowest BCUT2D eigenvalue weighted by atomic mass is 10.1. The summed E-state index contributed by atoms with van der Waals surface area (Å²) in [7, 11) is 1.70. The van der Waals surface area contributed by atoms with Crippen LogP contribution in [0.5, 0.6) is 11.5 Å². The van der Waals surface area contributed by atoms with Crippen molar-refractivity contribution in [1.29, 1.82) is 0 Å². The molecular formula is C16H25NO2S. The molecule has 1 aromatic rings. The van der Waals surface area contributed by atoms with Gasteiger partial charge in [-0.1, -0.05) is 12.1 Å². The van der Waals surface area contributed by atoms with E-state index in [0.717, 1.165) is 30.2 Å². The number of para-hydroxylation sites is 1. The van der Waals surface area contributed by atoms with Crippen LogP contribution >= 0.6 is 11.8 Å². The van der Waals surface area contributed by atoms with Crippen molar-refractivity contribution in [3.8, 4) is 11.5 Å². The van der Waals surface area contributed by atoms with E-state index in [1.54, 1.807) is 7.11 Å². The summed E-state index contributed by atoms with van der Waals surface area (Å²) < 4.78 is 11.5.